The average Bonchev–Trinajstić information content (AvgIpc) is 2.62. The first-order chi connectivity index (χ1) is 12.5. The summed E-state index contributed by atoms with van der Waals surface area (Å²) in [7, 11) is 0. The predicted octanol–water partition coefficient (Wildman–Crippen LogP) is 1.09. The van der Waals surface area contributed by atoms with Crippen molar-refractivity contribution in [3.8, 4) is 0 Å². The molecule has 0 radical (unpaired) electrons. The average molecular weight is 361 g/mol. The van der Waals surface area contributed by atoms with Crippen LogP contribution in [0.15, 0.2) is 24.3 Å². The van der Waals surface area contributed by atoms with Crippen LogP contribution in [0.25, 0.3) is 0 Å². The second-order valence-corrected chi connectivity index (χ2v) is 7.62. The summed E-state index contributed by atoms with van der Waals surface area (Å²) in [6.07, 6.45) is 3.44. The molecule has 1 amide bonds. The Morgan fingerprint density at radius 1 is 1.15 bits per heavy atom. The summed E-state index contributed by atoms with van der Waals surface area (Å²) in [5.41, 5.74) is 1.13. The van der Waals surface area contributed by atoms with E-state index in [1.54, 1.807) is 12.1 Å². The first kappa shape index (κ1) is 18.6. The Morgan fingerprint density at radius 2 is 1.73 bits per heavy atom. The Labute approximate surface area is 154 Å². The molecule has 1 N–H and O–H groups in total. The molecule has 2 heterocycles. The molecule has 2 saturated heterocycles. The fraction of sp³-hybridized carbons (Fsp3) is 0.632. The van der Waals surface area contributed by atoms with E-state index in [1.165, 1.54) is 11.3 Å². The lowest BCUT2D eigenvalue weighted by atomic mass is 9.97. The van der Waals surface area contributed by atoms with Gasteiger partial charge in [0.15, 0.2) is 6.54 Å². The fourth-order valence-corrected chi connectivity index (χ4v) is 4.26. The Hall–Kier alpha value is -2.15. The summed E-state index contributed by atoms with van der Waals surface area (Å²) >= 11 is 0. The van der Waals surface area contributed by atoms with Crippen LogP contribution in [-0.4, -0.2) is 60.5 Å². The molecule has 0 bridgehead atoms. The molecular formula is C19H29N4O3+. The molecule has 2 aliphatic heterocycles. The molecule has 0 saturated carbocycles. The van der Waals surface area contributed by atoms with Crippen molar-refractivity contribution in [1.82, 2.24) is 4.90 Å². The third-order valence-corrected chi connectivity index (χ3v) is 5.78. The fourth-order valence-electron chi connectivity index (χ4n) is 4.26. The normalized spacial score (nSPS) is 24.5. The molecule has 2 atom stereocenters. The van der Waals surface area contributed by atoms with Gasteiger partial charge in [-0.1, -0.05) is 0 Å². The van der Waals surface area contributed by atoms with Crippen LogP contribution >= 0.6 is 0 Å². The minimum Gasteiger partial charge on any atom is -0.360 e. The number of nitro groups is 1. The maximum atomic E-state index is 12.8. The van der Waals surface area contributed by atoms with E-state index in [9.17, 15) is 14.9 Å². The zero-order valence-corrected chi connectivity index (χ0v) is 15.7. The maximum absolute atomic E-state index is 12.8. The molecule has 3 rings (SSSR count). The number of likely N-dealkylation sites (tertiary alicyclic amines) is 1. The molecule has 26 heavy (non-hydrogen) atoms. The number of carbonyl (C=O) groups is 1. The molecular weight excluding hydrogens is 332 g/mol. The Balaban J connectivity index is 1.52. The zero-order valence-electron chi connectivity index (χ0n) is 15.7. The van der Waals surface area contributed by atoms with Crippen molar-refractivity contribution in [2.24, 2.45) is 0 Å². The number of hydrogen-bond acceptors (Lipinski definition) is 4. The quantitative estimate of drug-likeness (QED) is 0.644. The number of rotatable bonds is 4. The van der Waals surface area contributed by atoms with Gasteiger partial charge in [0.1, 0.15) is 0 Å². The summed E-state index contributed by atoms with van der Waals surface area (Å²) in [6, 6.07) is 7.43. The van der Waals surface area contributed by atoms with E-state index in [2.05, 4.69) is 23.6 Å². The van der Waals surface area contributed by atoms with E-state index >= 15 is 0 Å². The number of non-ortho nitro benzene ring substituents is 1. The summed E-state index contributed by atoms with van der Waals surface area (Å²) < 4.78 is 0. The minimum atomic E-state index is -0.375. The minimum absolute atomic E-state index is 0.119. The number of amides is 1. The number of nitrogens with one attached hydrogen (secondary N) is 1. The van der Waals surface area contributed by atoms with Crippen molar-refractivity contribution >= 4 is 17.3 Å². The monoisotopic (exact) mass is 361 g/mol. The van der Waals surface area contributed by atoms with Gasteiger partial charge in [-0.25, -0.2) is 0 Å². The third kappa shape index (κ3) is 4.15. The van der Waals surface area contributed by atoms with Crippen LogP contribution < -0.4 is 9.80 Å². The number of carbonyl (C=O) groups excluding carboxylic acids is 1. The lowest BCUT2D eigenvalue weighted by Crippen LogP contribution is -3.16. The van der Waals surface area contributed by atoms with Gasteiger partial charge in [-0.2, -0.15) is 0 Å². The lowest BCUT2D eigenvalue weighted by molar-refractivity contribution is -0.892. The molecule has 1 aromatic carbocycles. The molecule has 1 aromatic rings. The van der Waals surface area contributed by atoms with E-state index in [0.29, 0.717) is 18.6 Å². The van der Waals surface area contributed by atoms with Gasteiger partial charge in [-0.15, -0.1) is 0 Å². The van der Waals surface area contributed by atoms with Gasteiger partial charge in [-0.3, -0.25) is 14.9 Å². The van der Waals surface area contributed by atoms with Gasteiger partial charge in [0, 0.05) is 29.9 Å². The van der Waals surface area contributed by atoms with E-state index in [1.807, 2.05) is 12.1 Å². The highest BCUT2D eigenvalue weighted by atomic mass is 16.6. The van der Waals surface area contributed by atoms with Crippen LogP contribution in [0.4, 0.5) is 11.4 Å². The number of hydrogen-bond donors (Lipinski definition) is 1. The first-order valence-corrected chi connectivity index (χ1v) is 9.60. The van der Waals surface area contributed by atoms with Gasteiger partial charge in [0.2, 0.25) is 0 Å². The topological polar surface area (TPSA) is 71.1 Å². The Bertz CT molecular complexity index is 631. The van der Waals surface area contributed by atoms with Gasteiger partial charge in [0.25, 0.3) is 11.6 Å². The first-order valence-electron chi connectivity index (χ1n) is 9.60. The number of piperidine rings is 1. The zero-order chi connectivity index (χ0) is 18.7. The van der Waals surface area contributed by atoms with E-state index in [0.717, 1.165) is 44.7 Å². The van der Waals surface area contributed by atoms with Crippen molar-refractivity contribution < 1.29 is 14.6 Å². The second kappa shape index (κ2) is 8.03. The highest BCUT2D eigenvalue weighted by Crippen LogP contribution is 2.22. The van der Waals surface area contributed by atoms with Gasteiger partial charge in [0.05, 0.1) is 31.1 Å². The highest BCUT2D eigenvalue weighted by Gasteiger charge is 2.32. The standard InChI is InChI=1S/C19H28N4O3/c1-15-4-3-5-16(2)22(15)19(24)14-20-10-12-21(13-11-20)17-6-8-18(9-7-17)23(25)26/h6-9,15-16H,3-5,10-14H2,1-2H3/p+1/t15-,16+. The van der Waals surface area contributed by atoms with Gasteiger partial charge >= 0.3 is 0 Å². The molecule has 2 fully saturated rings. The summed E-state index contributed by atoms with van der Waals surface area (Å²) in [5, 5.41) is 10.8. The largest absolute Gasteiger partial charge is 0.360 e. The molecule has 2 aliphatic rings. The van der Waals surface area contributed by atoms with E-state index < -0.39 is 0 Å². The number of nitrogens with zero attached hydrogens (tertiary/aromatic N) is 3. The molecule has 0 spiro atoms. The van der Waals surface area contributed by atoms with Gasteiger partial charge in [-0.05, 0) is 45.2 Å². The maximum Gasteiger partial charge on any atom is 0.278 e. The second-order valence-electron chi connectivity index (χ2n) is 7.62. The molecule has 7 nitrogen and oxygen atoms in total. The molecule has 0 unspecified atom stereocenters. The van der Waals surface area contributed by atoms with Crippen molar-refractivity contribution in [2.75, 3.05) is 37.6 Å². The molecule has 7 heteroatoms. The smallest absolute Gasteiger partial charge is 0.278 e. The number of benzene rings is 1. The SMILES string of the molecule is C[C@@H]1CCC[C@H](C)N1C(=O)C[NH+]1CCN(c2ccc([N+](=O)[O-])cc2)CC1. The molecule has 142 valence electrons. The van der Waals surface area contributed by atoms with Crippen LogP contribution in [0, 0.1) is 10.1 Å². The Kier molecular flexibility index (Phi) is 5.76. The number of piperazine rings is 1. The Morgan fingerprint density at radius 3 is 2.27 bits per heavy atom. The lowest BCUT2D eigenvalue weighted by Gasteiger charge is -2.40. The van der Waals surface area contributed by atoms with Crippen molar-refractivity contribution in [1.29, 1.82) is 0 Å². The summed E-state index contributed by atoms with van der Waals surface area (Å²) in [6.45, 7) is 8.46. The van der Waals surface area contributed by atoms with Crippen LogP contribution in [0.2, 0.25) is 0 Å². The van der Waals surface area contributed by atoms with Crippen LogP contribution in [0.5, 0.6) is 0 Å². The summed E-state index contributed by atoms with van der Waals surface area (Å²) in [4.78, 5) is 28.8. The van der Waals surface area contributed by atoms with Crippen LogP contribution in [0.1, 0.15) is 33.1 Å². The highest BCUT2D eigenvalue weighted by molar-refractivity contribution is 5.77. The number of nitro benzene ring substituents is 1. The predicted molar refractivity (Wildman–Crippen MR) is 100 cm³/mol. The summed E-state index contributed by atoms with van der Waals surface area (Å²) in [5.74, 6) is 0.281. The van der Waals surface area contributed by atoms with Crippen LogP contribution in [0.3, 0.4) is 0 Å². The van der Waals surface area contributed by atoms with Crippen molar-refractivity contribution in [3.05, 3.63) is 34.4 Å². The van der Waals surface area contributed by atoms with Crippen molar-refractivity contribution in [2.45, 2.75) is 45.2 Å². The third-order valence-electron chi connectivity index (χ3n) is 5.78. The van der Waals surface area contributed by atoms with Gasteiger partial charge < -0.3 is 14.7 Å². The van der Waals surface area contributed by atoms with E-state index in [4.69, 9.17) is 0 Å². The van der Waals surface area contributed by atoms with Crippen molar-refractivity contribution in [3.63, 3.8) is 0 Å². The molecule has 0 aromatic heterocycles. The molecule has 0 aliphatic carbocycles. The van der Waals surface area contributed by atoms with Crippen LogP contribution in [-0.2, 0) is 4.79 Å². The number of quaternary nitrogens is 1. The number of anilines is 1. The van der Waals surface area contributed by atoms with E-state index in [-0.39, 0.29) is 16.5 Å².